The van der Waals surface area contributed by atoms with Crippen LogP contribution in [-0.4, -0.2) is 11.9 Å². The maximum atomic E-state index is 14.0. The van der Waals surface area contributed by atoms with Crippen LogP contribution in [0.25, 0.3) is 11.1 Å². The number of anilines is 4. The first-order chi connectivity index (χ1) is 26.2. The van der Waals surface area contributed by atoms with Crippen LogP contribution in [0.4, 0.5) is 22.7 Å². The molecule has 0 saturated heterocycles. The van der Waals surface area contributed by atoms with E-state index >= 15 is 0 Å². The Labute approximate surface area is 317 Å². The van der Waals surface area contributed by atoms with Crippen molar-refractivity contribution in [2.45, 2.75) is 40.5 Å². The summed E-state index contributed by atoms with van der Waals surface area (Å²) >= 11 is 0. The van der Waals surface area contributed by atoms with Crippen molar-refractivity contribution < 1.29 is 19.1 Å². The Morgan fingerprint density at radius 2 is 0.907 bits per heavy atom. The molecule has 0 atom stereocenters. The lowest BCUT2D eigenvalue weighted by atomic mass is 9.97. The van der Waals surface area contributed by atoms with Crippen molar-refractivity contribution in [2.75, 3.05) is 10.6 Å². The smallest absolute Gasteiger partial charge is 0.345 e. The predicted octanol–water partition coefficient (Wildman–Crippen LogP) is 12.0. The van der Waals surface area contributed by atoms with Crippen molar-refractivity contribution in [1.29, 1.82) is 0 Å². The highest BCUT2D eigenvalue weighted by Gasteiger charge is 2.22. The zero-order chi connectivity index (χ0) is 38.2. The highest BCUT2D eigenvalue weighted by molar-refractivity contribution is 6.00. The second kappa shape index (κ2) is 16.8. The summed E-state index contributed by atoms with van der Waals surface area (Å²) < 4.78 is 12.5. The van der Waals surface area contributed by atoms with Gasteiger partial charge >= 0.3 is 11.9 Å². The molecule has 0 fully saturated rings. The Kier molecular flexibility index (Phi) is 11.5. The normalized spacial score (nSPS) is 10.7. The highest BCUT2D eigenvalue weighted by atomic mass is 16.5. The first kappa shape index (κ1) is 37.1. The molecule has 0 unspecified atom stereocenters. The Morgan fingerprint density at radius 3 is 1.31 bits per heavy atom. The van der Waals surface area contributed by atoms with Crippen LogP contribution >= 0.6 is 0 Å². The molecule has 0 amide bonds. The van der Waals surface area contributed by atoms with Gasteiger partial charge in [0.05, 0.1) is 22.5 Å². The second-order valence-electron chi connectivity index (χ2n) is 13.3. The molecule has 6 aromatic carbocycles. The van der Waals surface area contributed by atoms with Crippen LogP contribution < -0.4 is 20.1 Å². The maximum Gasteiger partial charge on any atom is 0.345 e. The van der Waals surface area contributed by atoms with Crippen molar-refractivity contribution in [1.82, 2.24) is 0 Å². The maximum absolute atomic E-state index is 14.0. The molecule has 54 heavy (non-hydrogen) atoms. The zero-order valence-corrected chi connectivity index (χ0v) is 31.2. The van der Waals surface area contributed by atoms with Crippen LogP contribution in [0.5, 0.6) is 11.5 Å². The van der Waals surface area contributed by atoms with Crippen LogP contribution in [0.3, 0.4) is 0 Å². The number of rotatable bonds is 13. The van der Waals surface area contributed by atoms with Crippen molar-refractivity contribution in [2.24, 2.45) is 0 Å². The second-order valence-corrected chi connectivity index (χ2v) is 13.3. The molecular formula is C48H44N2O4. The standard InChI is InChI=1S/C48H44N2O4/c1-7-15-35-25-27-45(53-47(51)37-19-9-11-21-43(37)49-41-23-13-17-31(3)33(41)5)39(29-35)40-30-36(16-8-2)26-28-46(40)54-48(52)38-20-10-12-22-44(38)50-42-24-14-18-32(4)34(42)6/h7-14,17-30,49-50H,1-2,15-16H2,3-6H3. The third-order valence-electron chi connectivity index (χ3n) is 9.59. The van der Waals surface area contributed by atoms with Gasteiger partial charge in [-0.15, -0.1) is 13.2 Å². The van der Waals surface area contributed by atoms with E-state index in [1.54, 1.807) is 24.3 Å². The Balaban J connectivity index is 1.38. The number of carbonyl (C=O) groups excluding carboxylic acids is 2. The molecule has 0 aliphatic carbocycles. The van der Waals surface area contributed by atoms with Crippen molar-refractivity contribution in [3.8, 4) is 22.6 Å². The lowest BCUT2D eigenvalue weighted by molar-refractivity contribution is 0.0724. The van der Waals surface area contributed by atoms with Gasteiger partial charge in [0.2, 0.25) is 0 Å². The number of benzene rings is 6. The van der Waals surface area contributed by atoms with E-state index in [0.717, 1.165) is 44.8 Å². The largest absolute Gasteiger partial charge is 0.422 e. The Bertz CT molecular complexity index is 2210. The predicted molar refractivity (Wildman–Crippen MR) is 221 cm³/mol. The molecule has 0 saturated carbocycles. The topological polar surface area (TPSA) is 76.7 Å². The number of nitrogens with one attached hydrogen (secondary N) is 2. The molecule has 6 rings (SSSR count). The monoisotopic (exact) mass is 712 g/mol. The molecule has 270 valence electrons. The molecular weight excluding hydrogens is 669 g/mol. The third kappa shape index (κ3) is 8.35. The van der Waals surface area contributed by atoms with Crippen molar-refractivity contribution >= 4 is 34.7 Å². The summed E-state index contributed by atoms with van der Waals surface area (Å²) in [5.74, 6) is -0.430. The molecule has 6 nitrogen and oxygen atoms in total. The van der Waals surface area contributed by atoms with Gasteiger partial charge in [0.15, 0.2) is 0 Å². The van der Waals surface area contributed by atoms with Crippen LogP contribution in [0.15, 0.2) is 147 Å². The molecule has 2 N–H and O–H groups in total. The van der Waals surface area contributed by atoms with Gasteiger partial charge in [-0.3, -0.25) is 0 Å². The van der Waals surface area contributed by atoms with E-state index < -0.39 is 11.9 Å². The number of allylic oxidation sites excluding steroid dienone is 2. The van der Waals surface area contributed by atoms with Gasteiger partial charge in [0.1, 0.15) is 11.5 Å². The van der Waals surface area contributed by atoms with Gasteiger partial charge < -0.3 is 20.1 Å². The fourth-order valence-electron chi connectivity index (χ4n) is 6.25. The quantitative estimate of drug-likeness (QED) is 0.0705. The van der Waals surface area contributed by atoms with E-state index in [-0.39, 0.29) is 0 Å². The van der Waals surface area contributed by atoms with Crippen molar-refractivity contribution in [3.05, 3.63) is 191 Å². The average molecular weight is 713 g/mol. The number of aryl methyl sites for hydroxylation is 2. The summed E-state index contributed by atoms with van der Waals surface area (Å²) in [6.45, 7) is 16.0. The molecule has 0 aliphatic heterocycles. The number of esters is 2. The van der Waals surface area contributed by atoms with Gasteiger partial charge in [0.25, 0.3) is 0 Å². The zero-order valence-electron chi connectivity index (χ0n) is 31.2. The molecule has 6 heteroatoms. The molecule has 6 aromatic rings. The minimum absolute atomic E-state index is 0.319. The first-order valence-electron chi connectivity index (χ1n) is 17.9. The lowest BCUT2D eigenvalue weighted by Gasteiger charge is -2.18. The Hall–Kier alpha value is -6.66. The minimum Gasteiger partial charge on any atom is -0.422 e. The van der Waals surface area contributed by atoms with E-state index in [0.29, 0.717) is 58.0 Å². The summed E-state index contributed by atoms with van der Waals surface area (Å²) in [4.78, 5) is 28.1. The van der Waals surface area contributed by atoms with Gasteiger partial charge in [-0.05, 0) is 135 Å². The summed E-state index contributed by atoms with van der Waals surface area (Å²) in [6, 6.07) is 37.9. The van der Waals surface area contributed by atoms with E-state index in [1.165, 1.54) is 0 Å². The number of para-hydroxylation sites is 2. The molecule has 0 aliphatic rings. The molecule has 0 radical (unpaired) electrons. The lowest BCUT2D eigenvalue weighted by Crippen LogP contribution is -2.13. The molecule has 0 spiro atoms. The summed E-state index contributed by atoms with van der Waals surface area (Å²) in [5, 5.41) is 6.86. The molecule has 0 bridgehead atoms. The van der Waals surface area contributed by atoms with Gasteiger partial charge in [-0.1, -0.05) is 72.8 Å². The molecule has 0 heterocycles. The first-order valence-corrected chi connectivity index (χ1v) is 17.9. The number of ether oxygens (including phenoxy) is 2. The van der Waals surface area contributed by atoms with Crippen molar-refractivity contribution in [3.63, 3.8) is 0 Å². The van der Waals surface area contributed by atoms with Crippen LogP contribution in [0, 0.1) is 27.7 Å². The third-order valence-corrected chi connectivity index (χ3v) is 9.59. The van der Waals surface area contributed by atoms with Gasteiger partial charge in [0, 0.05) is 22.5 Å². The van der Waals surface area contributed by atoms with Gasteiger partial charge in [-0.2, -0.15) is 0 Å². The summed E-state index contributed by atoms with van der Waals surface area (Å²) in [5.41, 5.74) is 11.3. The fourth-order valence-corrected chi connectivity index (χ4v) is 6.25. The highest BCUT2D eigenvalue weighted by Crippen LogP contribution is 2.40. The summed E-state index contributed by atoms with van der Waals surface area (Å²) in [6.07, 6.45) is 4.80. The van der Waals surface area contributed by atoms with E-state index in [9.17, 15) is 9.59 Å². The van der Waals surface area contributed by atoms with Crippen LogP contribution in [0.2, 0.25) is 0 Å². The van der Waals surface area contributed by atoms with Crippen LogP contribution in [0.1, 0.15) is 54.1 Å². The van der Waals surface area contributed by atoms with E-state index in [4.69, 9.17) is 9.47 Å². The average Bonchev–Trinajstić information content (AvgIpc) is 3.17. The fraction of sp³-hybridized carbons (Fsp3) is 0.125. The SMILES string of the molecule is C=CCc1ccc(OC(=O)c2ccccc2Nc2cccc(C)c2C)c(-c2cc(CC=C)ccc2OC(=O)c2ccccc2Nc2cccc(C)c2C)c1. The minimum atomic E-state index is -0.534. The van der Waals surface area contributed by atoms with E-state index in [2.05, 4.69) is 49.8 Å². The van der Waals surface area contributed by atoms with E-state index in [1.807, 2.05) is 111 Å². The number of hydrogen-bond donors (Lipinski definition) is 2. The Morgan fingerprint density at radius 1 is 0.519 bits per heavy atom. The summed E-state index contributed by atoms with van der Waals surface area (Å²) in [7, 11) is 0. The molecule has 0 aromatic heterocycles. The van der Waals surface area contributed by atoms with Crippen LogP contribution in [-0.2, 0) is 12.8 Å². The number of carbonyl (C=O) groups is 2. The number of hydrogen-bond acceptors (Lipinski definition) is 6. The van der Waals surface area contributed by atoms with Gasteiger partial charge in [-0.25, -0.2) is 9.59 Å².